The highest BCUT2D eigenvalue weighted by atomic mass is 19.1. The van der Waals surface area contributed by atoms with Crippen LogP contribution in [0.5, 0.6) is 0 Å². The van der Waals surface area contributed by atoms with E-state index in [1.165, 1.54) is 6.07 Å². The molecule has 0 saturated carbocycles. The number of benzene rings is 1. The Morgan fingerprint density at radius 2 is 2.00 bits per heavy atom. The number of halogens is 1. The van der Waals surface area contributed by atoms with Crippen LogP contribution in [0.15, 0.2) is 24.3 Å². The van der Waals surface area contributed by atoms with Crippen molar-refractivity contribution in [1.82, 2.24) is 10.6 Å². The molecule has 1 amide bonds. The molecule has 0 unspecified atom stereocenters. The molecule has 106 valence electrons. The molecular weight excluding hydrogens is 243 g/mol. The van der Waals surface area contributed by atoms with Crippen molar-refractivity contribution in [1.29, 1.82) is 0 Å². The van der Waals surface area contributed by atoms with Crippen LogP contribution in [0.4, 0.5) is 4.39 Å². The zero-order valence-electron chi connectivity index (χ0n) is 11.7. The van der Waals surface area contributed by atoms with E-state index >= 15 is 0 Å². The van der Waals surface area contributed by atoms with Crippen LogP contribution in [0.2, 0.25) is 0 Å². The van der Waals surface area contributed by atoms with Crippen molar-refractivity contribution in [3.05, 3.63) is 35.6 Å². The predicted molar refractivity (Wildman–Crippen MR) is 75.4 cm³/mol. The highest BCUT2D eigenvalue weighted by Crippen LogP contribution is 2.05. The van der Waals surface area contributed by atoms with Crippen LogP contribution in [0.25, 0.3) is 0 Å². The van der Waals surface area contributed by atoms with Crippen molar-refractivity contribution in [2.45, 2.75) is 26.7 Å². The summed E-state index contributed by atoms with van der Waals surface area (Å²) in [5.41, 5.74) is 0.676. The first kappa shape index (κ1) is 15.6. The Morgan fingerprint density at radius 3 is 2.68 bits per heavy atom. The van der Waals surface area contributed by atoms with Gasteiger partial charge in [-0.2, -0.15) is 0 Å². The second kappa shape index (κ2) is 8.64. The third kappa shape index (κ3) is 6.91. The molecule has 0 saturated heterocycles. The van der Waals surface area contributed by atoms with Crippen LogP contribution >= 0.6 is 0 Å². The number of hydrogen-bond donors (Lipinski definition) is 2. The summed E-state index contributed by atoms with van der Waals surface area (Å²) in [4.78, 5) is 11.5. The topological polar surface area (TPSA) is 41.1 Å². The average Bonchev–Trinajstić information content (AvgIpc) is 2.36. The molecule has 0 aliphatic heterocycles. The van der Waals surface area contributed by atoms with Crippen LogP contribution in [0.3, 0.4) is 0 Å². The molecule has 0 spiro atoms. The summed E-state index contributed by atoms with van der Waals surface area (Å²) in [5, 5.41) is 5.87. The van der Waals surface area contributed by atoms with Crippen LogP contribution in [-0.4, -0.2) is 25.5 Å². The summed E-state index contributed by atoms with van der Waals surface area (Å²) in [6.45, 7) is 5.84. The fraction of sp³-hybridized carbons (Fsp3) is 0.533. The van der Waals surface area contributed by atoms with Gasteiger partial charge >= 0.3 is 0 Å². The van der Waals surface area contributed by atoms with E-state index in [1.807, 2.05) is 6.07 Å². The molecule has 0 bridgehead atoms. The lowest BCUT2D eigenvalue weighted by molar-refractivity contribution is -0.120. The Balaban J connectivity index is 2.10. The number of carbonyl (C=O) groups excluding carboxylic acids is 1. The molecule has 1 aromatic carbocycles. The Kier molecular flexibility index (Phi) is 7.11. The van der Waals surface area contributed by atoms with E-state index in [0.29, 0.717) is 31.0 Å². The molecule has 0 atom stereocenters. The summed E-state index contributed by atoms with van der Waals surface area (Å²) in [5.74, 6) is 0.397. The van der Waals surface area contributed by atoms with Crippen molar-refractivity contribution >= 4 is 5.91 Å². The SMILES string of the molecule is CC(C)CCNC(=O)CNCCc1ccccc1F. The monoisotopic (exact) mass is 266 g/mol. The van der Waals surface area contributed by atoms with Gasteiger partial charge in [0.25, 0.3) is 0 Å². The van der Waals surface area contributed by atoms with Gasteiger partial charge in [-0.15, -0.1) is 0 Å². The molecule has 2 N–H and O–H groups in total. The minimum Gasteiger partial charge on any atom is -0.355 e. The van der Waals surface area contributed by atoms with Gasteiger partial charge in [-0.25, -0.2) is 4.39 Å². The first-order valence-corrected chi connectivity index (χ1v) is 6.80. The highest BCUT2D eigenvalue weighted by Gasteiger charge is 2.02. The van der Waals surface area contributed by atoms with Gasteiger partial charge in [-0.1, -0.05) is 32.0 Å². The Bertz CT molecular complexity index is 393. The van der Waals surface area contributed by atoms with Crippen molar-refractivity contribution < 1.29 is 9.18 Å². The molecule has 4 heteroatoms. The van der Waals surface area contributed by atoms with E-state index in [0.717, 1.165) is 6.42 Å². The maximum atomic E-state index is 13.3. The lowest BCUT2D eigenvalue weighted by Gasteiger charge is -2.08. The standard InChI is InChI=1S/C15H23FN2O/c1-12(2)7-10-18-15(19)11-17-9-8-13-5-3-4-6-14(13)16/h3-6,12,17H,7-11H2,1-2H3,(H,18,19). The molecule has 0 aromatic heterocycles. The van der Waals surface area contributed by atoms with Gasteiger partial charge in [-0.3, -0.25) is 4.79 Å². The molecule has 1 rings (SSSR count). The van der Waals surface area contributed by atoms with E-state index in [2.05, 4.69) is 24.5 Å². The maximum absolute atomic E-state index is 13.3. The summed E-state index contributed by atoms with van der Waals surface area (Å²) in [7, 11) is 0. The van der Waals surface area contributed by atoms with Crippen LogP contribution in [0, 0.1) is 11.7 Å². The molecular formula is C15H23FN2O. The third-order valence-electron chi connectivity index (χ3n) is 2.86. The van der Waals surface area contributed by atoms with Gasteiger partial charge in [0, 0.05) is 6.54 Å². The molecule has 0 heterocycles. The summed E-state index contributed by atoms with van der Waals surface area (Å²) >= 11 is 0. The van der Waals surface area contributed by atoms with Gasteiger partial charge in [0.2, 0.25) is 5.91 Å². The quantitative estimate of drug-likeness (QED) is 0.708. The largest absolute Gasteiger partial charge is 0.355 e. The first-order valence-electron chi connectivity index (χ1n) is 6.80. The highest BCUT2D eigenvalue weighted by molar-refractivity contribution is 5.77. The Labute approximate surface area is 114 Å². The molecule has 0 fully saturated rings. The fourth-order valence-corrected chi connectivity index (χ4v) is 1.69. The number of carbonyl (C=O) groups is 1. The molecule has 0 radical (unpaired) electrons. The fourth-order valence-electron chi connectivity index (χ4n) is 1.69. The second-order valence-corrected chi connectivity index (χ2v) is 5.05. The normalized spacial score (nSPS) is 10.7. The van der Waals surface area contributed by atoms with Crippen LogP contribution < -0.4 is 10.6 Å². The molecule has 0 aliphatic carbocycles. The zero-order valence-corrected chi connectivity index (χ0v) is 11.7. The number of hydrogen-bond acceptors (Lipinski definition) is 2. The van der Waals surface area contributed by atoms with Gasteiger partial charge < -0.3 is 10.6 Å². The van der Waals surface area contributed by atoms with Crippen molar-refractivity contribution in [2.24, 2.45) is 5.92 Å². The van der Waals surface area contributed by atoms with Crippen molar-refractivity contribution in [3.8, 4) is 0 Å². The first-order chi connectivity index (χ1) is 9.09. The number of rotatable bonds is 8. The Hall–Kier alpha value is -1.42. The van der Waals surface area contributed by atoms with Gasteiger partial charge in [0.15, 0.2) is 0 Å². The lowest BCUT2D eigenvalue weighted by Crippen LogP contribution is -2.35. The lowest BCUT2D eigenvalue weighted by atomic mass is 10.1. The van der Waals surface area contributed by atoms with Crippen LogP contribution in [0.1, 0.15) is 25.8 Å². The molecule has 0 aliphatic rings. The third-order valence-corrected chi connectivity index (χ3v) is 2.86. The molecule has 19 heavy (non-hydrogen) atoms. The summed E-state index contributed by atoms with van der Waals surface area (Å²) < 4.78 is 13.3. The number of amides is 1. The number of nitrogens with one attached hydrogen (secondary N) is 2. The van der Waals surface area contributed by atoms with E-state index in [9.17, 15) is 9.18 Å². The van der Waals surface area contributed by atoms with E-state index in [1.54, 1.807) is 12.1 Å². The summed E-state index contributed by atoms with van der Waals surface area (Å²) in [6, 6.07) is 6.71. The van der Waals surface area contributed by atoms with E-state index < -0.39 is 0 Å². The maximum Gasteiger partial charge on any atom is 0.233 e. The minimum atomic E-state index is -0.189. The van der Waals surface area contributed by atoms with Crippen LogP contribution in [-0.2, 0) is 11.2 Å². The molecule has 3 nitrogen and oxygen atoms in total. The van der Waals surface area contributed by atoms with E-state index in [4.69, 9.17) is 0 Å². The molecule has 1 aromatic rings. The van der Waals surface area contributed by atoms with Crippen molar-refractivity contribution in [3.63, 3.8) is 0 Å². The minimum absolute atomic E-state index is 0.00539. The van der Waals surface area contributed by atoms with Crippen molar-refractivity contribution in [2.75, 3.05) is 19.6 Å². The van der Waals surface area contributed by atoms with Gasteiger partial charge in [-0.05, 0) is 36.9 Å². The average molecular weight is 266 g/mol. The second-order valence-electron chi connectivity index (χ2n) is 5.05. The zero-order chi connectivity index (χ0) is 14.1. The summed E-state index contributed by atoms with van der Waals surface area (Å²) in [6.07, 6.45) is 1.58. The Morgan fingerprint density at radius 1 is 1.26 bits per heavy atom. The van der Waals surface area contributed by atoms with Gasteiger partial charge in [0.1, 0.15) is 5.82 Å². The predicted octanol–water partition coefficient (Wildman–Crippen LogP) is 2.12. The van der Waals surface area contributed by atoms with Gasteiger partial charge in [0.05, 0.1) is 6.54 Å². The smallest absolute Gasteiger partial charge is 0.233 e. The van der Waals surface area contributed by atoms with E-state index in [-0.39, 0.29) is 18.3 Å².